The summed E-state index contributed by atoms with van der Waals surface area (Å²) in [6.45, 7) is 2.96. The summed E-state index contributed by atoms with van der Waals surface area (Å²) >= 11 is 0. The van der Waals surface area contributed by atoms with Gasteiger partial charge in [0, 0.05) is 18.8 Å². The van der Waals surface area contributed by atoms with Crippen molar-refractivity contribution in [3.05, 3.63) is 12.3 Å². The standard InChI is InChI=1S/C17H31NO5.Na/c1-2-3-4-5-6-7-12-18(15-19,13-8-10-16(20)21)14-9-11-17(22)23;/h7,12,19H,2-6,8-11,13-15H2,1H3,(H-,20,21,22,23);/q;+1/b12-7+;. The molecule has 2 N–H and O–H groups in total. The Morgan fingerprint density at radius 1 is 1.04 bits per heavy atom. The van der Waals surface area contributed by atoms with Crippen molar-refractivity contribution >= 4 is 11.9 Å². The van der Waals surface area contributed by atoms with Gasteiger partial charge in [-0.25, -0.2) is 0 Å². The molecule has 0 aliphatic carbocycles. The number of aliphatic hydroxyl groups excluding tert-OH is 1. The molecule has 0 saturated carbocycles. The molecule has 0 aliphatic rings. The van der Waals surface area contributed by atoms with E-state index in [1.807, 2.05) is 12.3 Å². The number of carbonyl (C=O) groups is 2. The maximum atomic E-state index is 10.7. The predicted molar refractivity (Wildman–Crippen MR) is 86.1 cm³/mol. The molecule has 0 amide bonds. The molecule has 0 bridgehead atoms. The summed E-state index contributed by atoms with van der Waals surface area (Å²) in [6, 6.07) is 0. The minimum atomic E-state index is -1.10. The number of unbranched alkanes of at least 4 members (excludes halogenated alkanes) is 4. The number of carboxylic acid groups (broad SMARTS) is 2. The Morgan fingerprint density at radius 2 is 1.67 bits per heavy atom. The number of hydrogen-bond donors (Lipinski definition) is 2. The Bertz CT molecular complexity index is 354. The molecular weight excluding hydrogens is 321 g/mol. The van der Waals surface area contributed by atoms with Crippen molar-refractivity contribution in [2.45, 2.75) is 64.7 Å². The summed E-state index contributed by atoms with van der Waals surface area (Å²) in [5.74, 6) is -1.96. The monoisotopic (exact) mass is 352 g/mol. The fraction of sp³-hybridized carbons (Fsp3) is 0.765. The van der Waals surface area contributed by atoms with E-state index >= 15 is 0 Å². The van der Waals surface area contributed by atoms with E-state index in [1.54, 1.807) is 0 Å². The van der Waals surface area contributed by atoms with Gasteiger partial charge in [-0.1, -0.05) is 26.2 Å². The number of rotatable bonds is 15. The van der Waals surface area contributed by atoms with E-state index in [2.05, 4.69) is 6.92 Å². The fourth-order valence-electron chi connectivity index (χ4n) is 2.52. The summed E-state index contributed by atoms with van der Waals surface area (Å²) < 4.78 is 0.217. The molecule has 24 heavy (non-hydrogen) atoms. The maximum Gasteiger partial charge on any atom is 1.00 e. The van der Waals surface area contributed by atoms with E-state index in [-0.39, 0.29) is 53.6 Å². The minimum Gasteiger partial charge on any atom is -0.550 e. The third-order valence-electron chi connectivity index (χ3n) is 3.91. The molecule has 134 valence electrons. The SMILES string of the molecule is CCCCCC/C=C/[N+](CO)(CCCC(=O)[O-])CCCC(=O)O.[Na+]. The van der Waals surface area contributed by atoms with Crippen LogP contribution in [0.5, 0.6) is 0 Å². The van der Waals surface area contributed by atoms with Crippen LogP contribution in [0.3, 0.4) is 0 Å². The molecule has 7 heteroatoms. The zero-order valence-corrected chi connectivity index (χ0v) is 17.2. The molecule has 1 atom stereocenters. The third kappa shape index (κ3) is 14.0. The van der Waals surface area contributed by atoms with Crippen molar-refractivity contribution < 1.29 is 58.9 Å². The zero-order valence-electron chi connectivity index (χ0n) is 15.2. The van der Waals surface area contributed by atoms with Gasteiger partial charge >= 0.3 is 35.5 Å². The quantitative estimate of drug-likeness (QED) is 0.164. The van der Waals surface area contributed by atoms with Gasteiger partial charge in [-0.05, 0) is 25.3 Å². The van der Waals surface area contributed by atoms with E-state index in [9.17, 15) is 19.8 Å². The van der Waals surface area contributed by atoms with E-state index in [4.69, 9.17) is 5.11 Å². The van der Waals surface area contributed by atoms with Crippen LogP contribution in [0, 0.1) is 0 Å². The topological polar surface area (TPSA) is 97.7 Å². The molecule has 0 spiro atoms. The second kappa shape index (κ2) is 16.1. The van der Waals surface area contributed by atoms with Crippen LogP contribution < -0.4 is 34.7 Å². The van der Waals surface area contributed by atoms with Gasteiger partial charge in [0.1, 0.15) is 0 Å². The van der Waals surface area contributed by atoms with Crippen LogP contribution in [0.2, 0.25) is 0 Å². The summed E-state index contributed by atoms with van der Waals surface area (Å²) in [7, 11) is 0. The van der Waals surface area contributed by atoms with Crippen LogP contribution in [0.15, 0.2) is 12.3 Å². The molecule has 0 fully saturated rings. The molecule has 0 radical (unpaired) electrons. The number of aliphatic hydroxyl groups is 1. The Kier molecular flexibility index (Phi) is 17.3. The molecule has 0 saturated heterocycles. The molecule has 0 aromatic heterocycles. The summed E-state index contributed by atoms with van der Waals surface area (Å²) in [4.78, 5) is 21.2. The third-order valence-corrected chi connectivity index (χ3v) is 3.91. The Morgan fingerprint density at radius 3 is 2.17 bits per heavy atom. The van der Waals surface area contributed by atoms with Crippen LogP contribution >= 0.6 is 0 Å². The Labute approximate surface area is 167 Å². The molecule has 0 rings (SSSR count). The van der Waals surface area contributed by atoms with Gasteiger partial charge in [0.15, 0.2) is 6.73 Å². The molecular formula is C17H31NNaO5+. The number of aliphatic carboxylic acids is 2. The van der Waals surface area contributed by atoms with Crippen LogP contribution in [-0.4, -0.2) is 46.5 Å². The van der Waals surface area contributed by atoms with Crippen molar-refractivity contribution in [2.24, 2.45) is 0 Å². The molecule has 1 unspecified atom stereocenters. The number of nitrogens with zero attached hydrogens (tertiary/aromatic N) is 1. The van der Waals surface area contributed by atoms with Gasteiger partial charge in [-0.2, -0.15) is 0 Å². The smallest absolute Gasteiger partial charge is 0.550 e. The number of carboxylic acids is 2. The molecule has 0 aliphatic heterocycles. The predicted octanol–water partition coefficient (Wildman–Crippen LogP) is -1.36. The largest absolute Gasteiger partial charge is 1.00 e. The summed E-state index contributed by atoms with van der Waals surface area (Å²) in [5.41, 5.74) is 0. The summed E-state index contributed by atoms with van der Waals surface area (Å²) in [6.07, 6.45) is 10.3. The number of allylic oxidation sites excluding steroid dienone is 1. The van der Waals surface area contributed by atoms with E-state index in [0.717, 1.165) is 12.8 Å². The average Bonchev–Trinajstić information content (AvgIpc) is 2.49. The van der Waals surface area contributed by atoms with Gasteiger partial charge < -0.3 is 20.1 Å². The van der Waals surface area contributed by atoms with E-state index in [0.29, 0.717) is 25.9 Å². The average molecular weight is 352 g/mol. The Balaban J connectivity index is 0. The van der Waals surface area contributed by atoms with Gasteiger partial charge in [0.05, 0.1) is 25.7 Å². The molecule has 0 aromatic carbocycles. The first kappa shape index (κ1) is 25.8. The van der Waals surface area contributed by atoms with Gasteiger partial charge in [0.25, 0.3) is 0 Å². The van der Waals surface area contributed by atoms with Crippen LogP contribution in [-0.2, 0) is 9.59 Å². The maximum absolute atomic E-state index is 10.7. The van der Waals surface area contributed by atoms with Gasteiger partial charge in [-0.15, -0.1) is 0 Å². The molecule has 0 aromatic rings. The van der Waals surface area contributed by atoms with Crippen molar-refractivity contribution in [1.29, 1.82) is 0 Å². The number of hydrogen-bond acceptors (Lipinski definition) is 4. The molecule has 6 nitrogen and oxygen atoms in total. The second-order valence-electron chi connectivity index (χ2n) is 6.01. The van der Waals surface area contributed by atoms with Crippen LogP contribution in [0.1, 0.15) is 64.7 Å². The van der Waals surface area contributed by atoms with Crippen molar-refractivity contribution in [2.75, 3.05) is 19.8 Å². The van der Waals surface area contributed by atoms with Crippen molar-refractivity contribution in [3.8, 4) is 0 Å². The molecule has 0 heterocycles. The van der Waals surface area contributed by atoms with Crippen LogP contribution in [0.4, 0.5) is 0 Å². The minimum absolute atomic E-state index is 0. The number of quaternary nitrogens is 1. The van der Waals surface area contributed by atoms with Crippen molar-refractivity contribution in [3.63, 3.8) is 0 Å². The van der Waals surface area contributed by atoms with E-state index in [1.165, 1.54) is 19.3 Å². The first-order valence-electron chi connectivity index (χ1n) is 8.51. The first-order chi connectivity index (χ1) is 11.0. The van der Waals surface area contributed by atoms with E-state index < -0.39 is 11.9 Å². The number of carbonyl (C=O) groups excluding carboxylic acids is 1. The van der Waals surface area contributed by atoms with Crippen molar-refractivity contribution in [1.82, 2.24) is 0 Å². The van der Waals surface area contributed by atoms with Gasteiger partial charge in [-0.3, -0.25) is 9.28 Å². The summed E-state index contributed by atoms with van der Waals surface area (Å²) in [5, 5.41) is 29.1. The first-order valence-corrected chi connectivity index (χ1v) is 8.51. The second-order valence-corrected chi connectivity index (χ2v) is 6.01. The fourth-order valence-corrected chi connectivity index (χ4v) is 2.52. The van der Waals surface area contributed by atoms with Crippen LogP contribution in [0.25, 0.3) is 0 Å². The zero-order chi connectivity index (χ0) is 17.6. The normalized spacial score (nSPS) is 13.4. The Hall–Kier alpha value is -0.400. The van der Waals surface area contributed by atoms with Gasteiger partial charge in [0.2, 0.25) is 0 Å².